The number of rotatable bonds is 6. The second-order valence-electron chi connectivity index (χ2n) is 7.07. The van der Waals surface area contributed by atoms with Crippen molar-refractivity contribution in [3.8, 4) is 22.1 Å². The summed E-state index contributed by atoms with van der Waals surface area (Å²) in [5.74, 6) is 3.85. The summed E-state index contributed by atoms with van der Waals surface area (Å²) < 4.78 is 4.61. The molecule has 1 fully saturated rings. The van der Waals surface area contributed by atoms with E-state index in [1.807, 2.05) is 12.1 Å². The van der Waals surface area contributed by atoms with E-state index in [4.69, 9.17) is 0 Å². The van der Waals surface area contributed by atoms with E-state index in [9.17, 15) is 0 Å². The first kappa shape index (κ1) is 17.7. The van der Waals surface area contributed by atoms with E-state index in [1.54, 1.807) is 47.3 Å². The number of thioether (sulfide) groups is 2. The summed E-state index contributed by atoms with van der Waals surface area (Å²) in [7, 11) is 0. The minimum absolute atomic E-state index is 0.327. The van der Waals surface area contributed by atoms with E-state index >= 15 is 0 Å². The molecule has 0 saturated heterocycles. The van der Waals surface area contributed by atoms with Crippen molar-refractivity contribution in [3.05, 3.63) is 42.0 Å². The van der Waals surface area contributed by atoms with Gasteiger partial charge in [0.1, 0.15) is 0 Å². The van der Waals surface area contributed by atoms with Crippen LogP contribution in [0.2, 0.25) is 0 Å². The Hall–Kier alpha value is -2.17. The van der Waals surface area contributed by atoms with Gasteiger partial charge in [0.2, 0.25) is 0 Å². The van der Waals surface area contributed by atoms with Crippen LogP contribution >= 0.6 is 34.9 Å². The molecule has 1 aliphatic heterocycles. The molecule has 146 valence electrons. The van der Waals surface area contributed by atoms with Crippen molar-refractivity contribution in [2.45, 2.75) is 35.2 Å². The lowest BCUT2D eigenvalue weighted by molar-refractivity contribution is 0.594. The lowest BCUT2D eigenvalue weighted by atomic mass is 10.2. The standard InChI is InChI=1S/C19H17N7S3/c1-2-15(27-9-1)17-22-24-18(25(17)13-3-4-13)28-10-14-11-29-19-23-21-16(26(14)19)12-5-7-20-8-6-12/h1-2,5-9,13-14H,3-4,10-11H2. The van der Waals surface area contributed by atoms with Gasteiger partial charge < -0.3 is 0 Å². The fourth-order valence-electron chi connectivity index (χ4n) is 3.55. The number of aromatic nitrogens is 7. The summed E-state index contributed by atoms with van der Waals surface area (Å²) in [6.45, 7) is 0. The molecule has 7 nitrogen and oxygen atoms in total. The lowest BCUT2D eigenvalue weighted by Crippen LogP contribution is -2.12. The van der Waals surface area contributed by atoms with Crippen LogP contribution in [0.1, 0.15) is 24.9 Å². The monoisotopic (exact) mass is 439 g/mol. The second-order valence-corrected chi connectivity index (χ2v) is 9.99. The van der Waals surface area contributed by atoms with Crippen LogP contribution in [0.4, 0.5) is 0 Å². The van der Waals surface area contributed by atoms with E-state index in [1.165, 1.54) is 17.7 Å². The van der Waals surface area contributed by atoms with Gasteiger partial charge in [0, 0.05) is 35.5 Å². The third-order valence-corrected chi connectivity index (χ3v) is 8.14. The van der Waals surface area contributed by atoms with Crippen LogP contribution in [-0.2, 0) is 0 Å². The normalized spacial score (nSPS) is 18.3. The maximum Gasteiger partial charge on any atom is 0.191 e. The number of nitrogens with zero attached hydrogens (tertiary/aromatic N) is 7. The first-order valence-corrected chi connectivity index (χ1v) is 12.3. The SMILES string of the molecule is c1csc(-c2nnc(SCC3CSc4nnc(-c5ccncc5)n43)n2C2CC2)c1. The van der Waals surface area contributed by atoms with Gasteiger partial charge in [0.15, 0.2) is 22.0 Å². The summed E-state index contributed by atoms with van der Waals surface area (Å²) in [5, 5.41) is 22.0. The highest BCUT2D eigenvalue weighted by Gasteiger charge is 2.32. The fraction of sp³-hybridized carbons (Fsp3) is 0.316. The molecule has 4 aromatic heterocycles. The highest BCUT2D eigenvalue weighted by Crippen LogP contribution is 2.43. The number of thiophene rings is 1. The van der Waals surface area contributed by atoms with Crippen molar-refractivity contribution in [1.82, 2.24) is 34.5 Å². The predicted molar refractivity (Wildman–Crippen MR) is 115 cm³/mol. The Kier molecular flexibility index (Phi) is 4.42. The number of pyridine rings is 1. The molecule has 0 radical (unpaired) electrons. The second kappa shape index (κ2) is 7.26. The summed E-state index contributed by atoms with van der Waals surface area (Å²) in [6.07, 6.45) is 6.02. The molecule has 1 aliphatic carbocycles. The Labute approximate surface area is 180 Å². The number of hydrogen-bond donors (Lipinski definition) is 0. The molecule has 5 heterocycles. The third kappa shape index (κ3) is 3.19. The fourth-order valence-corrected chi connectivity index (χ4v) is 6.57. The molecule has 1 atom stereocenters. The summed E-state index contributed by atoms with van der Waals surface area (Å²) >= 11 is 5.29. The van der Waals surface area contributed by atoms with E-state index in [2.05, 4.69) is 52.0 Å². The van der Waals surface area contributed by atoms with Crippen LogP contribution in [0.3, 0.4) is 0 Å². The van der Waals surface area contributed by atoms with Crippen molar-refractivity contribution in [3.63, 3.8) is 0 Å². The molecular formula is C19H17N7S3. The van der Waals surface area contributed by atoms with Gasteiger partial charge in [-0.15, -0.1) is 31.7 Å². The molecule has 1 saturated carbocycles. The zero-order valence-corrected chi connectivity index (χ0v) is 17.8. The van der Waals surface area contributed by atoms with Crippen molar-refractivity contribution in [2.24, 2.45) is 0 Å². The highest BCUT2D eigenvalue weighted by molar-refractivity contribution is 8.00. The number of fused-ring (bicyclic) bond motifs is 1. The van der Waals surface area contributed by atoms with E-state index in [0.29, 0.717) is 12.1 Å². The average molecular weight is 440 g/mol. The maximum absolute atomic E-state index is 4.55. The molecule has 0 spiro atoms. The van der Waals surface area contributed by atoms with Crippen molar-refractivity contribution >= 4 is 34.9 Å². The molecule has 1 unspecified atom stereocenters. The first-order valence-electron chi connectivity index (χ1n) is 9.48. The average Bonchev–Trinajstić information content (AvgIpc) is 3.18. The van der Waals surface area contributed by atoms with Crippen LogP contribution in [0.15, 0.2) is 52.4 Å². The largest absolute Gasteiger partial charge is 0.298 e. The van der Waals surface area contributed by atoms with Gasteiger partial charge in [-0.3, -0.25) is 14.1 Å². The topological polar surface area (TPSA) is 74.3 Å². The third-order valence-electron chi connectivity index (χ3n) is 5.10. The van der Waals surface area contributed by atoms with Gasteiger partial charge in [-0.25, -0.2) is 0 Å². The van der Waals surface area contributed by atoms with Crippen LogP contribution in [0, 0.1) is 0 Å². The van der Waals surface area contributed by atoms with Gasteiger partial charge in [-0.05, 0) is 36.4 Å². The van der Waals surface area contributed by atoms with E-state index < -0.39 is 0 Å². The van der Waals surface area contributed by atoms with Crippen LogP contribution < -0.4 is 0 Å². The molecule has 29 heavy (non-hydrogen) atoms. The zero-order chi connectivity index (χ0) is 19.2. The lowest BCUT2D eigenvalue weighted by Gasteiger charge is -2.14. The van der Waals surface area contributed by atoms with Crippen LogP contribution in [-0.4, -0.2) is 46.0 Å². The Morgan fingerprint density at radius 1 is 1.00 bits per heavy atom. The van der Waals surface area contributed by atoms with Crippen LogP contribution in [0.25, 0.3) is 22.1 Å². The first-order chi connectivity index (χ1) is 14.4. The Morgan fingerprint density at radius 3 is 2.66 bits per heavy atom. The smallest absolute Gasteiger partial charge is 0.191 e. The Morgan fingerprint density at radius 2 is 1.86 bits per heavy atom. The molecule has 0 N–H and O–H groups in total. The summed E-state index contributed by atoms with van der Waals surface area (Å²) in [5.41, 5.74) is 1.05. The van der Waals surface area contributed by atoms with Gasteiger partial charge in [-0.1, -0.05) is 29.6 Å². The minimum Gasteiger partial charge on any atom is -0.298 e. The molecule has 0 aromatic carbocycles. The molecule has 2 aliphatic rings. The van der Waals surface area contributed by atoms with E-state index in [-0.39, 0.29) is 0 Å². The molecule has 0 bridgehead atoms. The van der Waals surface area contributed by atoms with Crippen molar-refractivity contribution in [2.75, 3.05) is 11.5 Å². The Balaban J connectivity index is 1.27. The molecule has 0 amide bonds. The van der Waals surface area contributed by atoms with Gasteiger partial charge >= 0.3 is 0 Å². The maximum atomic E-state index is 4.55. The van der Waals surface area contributed by atoms with Crippen LogP contribution in [0.5, 0.6) is 0 Å². The van der Waals surface area contributed by atoms with Gasteiger partial charge in [-0.2, -0.15) is 0 Å². The molecule has 10 heteroatoms. The minimum atomic E-state index is 0.327. The number of hydrogen-bond acceptors (Lipinski definition) is 8. The van der Waals surface area contributed by atoms with Crippen molar-refractivity contribution in [1.29, 1.82) is 0 Å². The molecule has 6 rings (SSSR count). The Bertz CT molecular complexity index is 1130. The van der Waals surface area contributed by atoms with Gasteiger partial charge in [0.05, 0.1) is 10.9 Å². The zero-order valence-electron chi connectivity index (χ0n) is 15.4. The quantitative estimate of drug-likeness (QED) is 0.411. The molecule has 4 aromatic rings. The van der Waals surface area contributed by atoms with E-state index in [0.717, 1.165) is 39.0 Å². The highest BCUT2D eigenvalue weighted by atomic mass is 32.2. The summed E-state index contributed by atoms with van der Waals surface area (Å²) in [4.78, 5) is 5.30. The molecular weight excluding hydrogens is 422 g/mol. The summed E-state index contributed by atoms with van der Waals surface area (Å²) in [6, 6.07) is 9.04. The van der Waals surface area contributed by atoms with Gasteiger partial charge in [0.25, 0.3) is 0 Å². The van der Waals surface area contributed by atoms with Crippen molar-refractivity contribution < 1.29 is 0 Å². The predicted octanol–water partition coefficient (Wildman–Crippen LogP) is 4.43.